The van der Waals surface area contributed by atoms with Gasteiger partial charge in [-0.05, 0) is 61.9 Å². The third-order valence-corrected chi connectivity index (χ3v) is 8.12. The summed E-state index contributed by atoms with van der Waals surface area (Å²) in [6.07, 6.45) is 0. The highest BCUT2D eigenvalue weighted by molar-refractivity contribution is 7.92. The molecule has 0 aliphatic carbocycles. The first-order valence-electron chi connectivity index (χ1n) is 11.8. The second-order valence-electron chi connectivity index (χ2n) is 8.36. The van der Waals surface area contributed by atoms with E-state index in [0.29, 0.717) is 17.9 Å². The lowest BCUT2D eigenvalue weighted by atomic mass is 10.1. The van der Waals surface area contributed by atoms with Crippen LogP contribution in [-0.2, 0) is 26.2 Å². The molecule has 3 aromatic rings. The Bertz CT molecular complexity index is 1390. The zero-order valence-corrected chi connectivity index (χ0v) is 23.6. The maximum Gasteiger partial charge on any atom is 0.264 e. The zero-order valence-electron chi connectivity index (χ0n) is 21.2. The van der Waals surface area contributed by atoms with Crippen molar-refractivity contribution in [3.05, 3.63) is 88.4 Å². The minimum absolute atomic E-state index is 0.0278. The second kappa shape index (κ2) is 13.0. The number of ether oxygens (including phenoxy) is 1. The molecule has 0 aliphatic rings. The highest BCUT2D eigenvalue weighted by Crippen LogP contribution is 2.33. The lowest BCUT2D eigenvalue weighted by Crippen LogP contribution is -2.51. The van der Waals surface area contributed by atoms with E-state index in [4.69, 9.17) is 27.9 Å². The molecule has 8 nitrogen and oxygen atoms in total. The number of methoxy groups -OCH3 is 1. The summed E-state index contributed by atoms with van der Waals surface area (Å²) < 4.78 is 33.7. The Morgan fingerprint density at radius 3 is 2.37 bits per heavy atom. The highest BCUT2D eigenvalue weighted by atomic mass is 35.5. The Morgan fingerprint density at radius 1 is 1.00 bits per heavy atom. The summed E-state index contributed by atoms with van der Waals surface area (Å²) >= 11 is 12.6. The molecule has 0 radical (unpaired) electrons. The van der Waals surface area contributed by atoms with Crippen molar-refractivity contribution in [1.82, 2.24) is 10.2 Å². The average Bonchev–Trinajstić information content (AvgIpc) is 2.92. The van der Waals surface area contributed by atoms with E-state index in [-0.39, 0.29) is 33.1 Å². The fourth-order valence-corrected chi connectivity index (χ4v) is 5.66. The first kappa shape index (κ1) is 29.3. The number of nitrogens with one attached hydrogen (secondary N) is 1. The van der Waals surface area contributed by atoms with Gasteiger partial charge >= 0.3 is 0 Å². The quantitative estimate of drug-likeness (QED) is 0.354. The van der Waals surface area contributed by atoms with Gasteiger partial charge in [0.05, 0.1) is 22.7 Å². The van der Waals surface area contributed by atoms with Crippen LogP contribution in [-0.4, -0.2) is 51.4 Å². The van der Waals surface area contributed by atoms with Crippen LogP contribution in [0.1, 0.15) is 19.4 Å². The molecule has 0 aliphatic heterocycles. The van der Waals surface area contributed by atoms with E-state index < -0.39 is 28.5 Å². The molecule has 202 valence electrons. The predicted molar refractivity (Wildman–Crippen MR) is 149 cm³/mol. The van der Waals surface area contributed by atoms with Gasteiger partial charge in [-0.25, -0.2) is 8.42 Å². The van der Waals surface area contributed by atoms with Gasteiger partial charge in [-0.2, -0.15) is 0 Å². The van der Waals surface area contributed by atoms with Crippen molar-refractivity contribution in [2.45, 2.75) is 31.3 Å². The minimum atomic E-state index is -4.24. The molecule has 0 aromatic heterocycles. The summed E-state index contributed by atoms with van der Waals surface area (Å²) in [6.45, 7) is 3.15. The molecule has 0 fully saturated rings. The number of carbonyl (C=O) groups excluding carboxylic acids is 2. The standard InChI is InChI=1S/C27H29Cl2N3O5S/c1-4-30-27(34)19(2)31(17-20-9-8-10-22(15-20)37-3)26(33)18-32(25-16-21(28)13-14-24(25)29)38(35,36)23-11-6-5-7-12-23/h5-16,19H,4,17-18H2,1-3H3,(H,30,34). The van der Waals surface area contributed by atoms with Crippen molar-refractivity contribution >= 4 is 50.7 Å². The highest BCUT2D eigenvalue weighted by Gasteiger charge is 2.33. The van der Waals surface area contributed by atoms with Gasteiger partial charge in [0, 0.05) is 18.1 Å². The van der Waals surface area contributed by atoms with Crippen LogP contribution in [0.15, 0.2) is 77.7 Å². The van der Waals surface area contributed by atoms with Gasteiger partial charge in [0.2, 0.25) is 11.8 Å². The fourth-order valence-electron chi connectivity index (χ4n) is 3.78. The summed E-state index contributed by atoms with van der Waals surface area (Å²) in [6, 6.07) is 18.2. The molecule has 0 saturated heterocycles. The van der Waals surface area contributed by atoms with Crippen LogP contribution in [0.25, 0.3) is 0 Å². The number of halogens is 2. The molecule has 0 spiro atoms. The molecular weight excluding hydrogens is 549 g/mol. The Balaban J connectivity index is 2.06. The van der Waals surface area contributed by atoms with Crippen LogP contribution >= 0.6 is 23.2 Å². The smallest absolute Gasteiger partial charge is 0.264 e. The molecule has 0 saturated carbocycles. The maximum absolute atomic E-state index is 13.8. The Labute approximate surface area is 233 Å². The molecule has 3 aromatic carbocycles. The number of nitrogens with zero attached hydrogens (tertiary/aromatic N) is 2. The maximum atomic E-state index is 13.8. The van der Waals surface area contributed by atoms with E-state index >= 15 is 0 Å². The average molecular weight is 579 g/mol. The number of anilines is 1. The van der Waals surface area contributed by atoms with Crippen molar-refractivity contribution < 1.29 is 22.7 Å². The molecule has 1 atom stereocenters. The molecule has 0 bridgehead atoms. The number of hydrogen-bond acceptors (Lipinski definition) is 5. The van der Waals surface area contributed by atoms with Crippen molar-refractivity contribution in [1.29, 1.82) is 0 Å². The first-order valence-corrected chi connectivity index (χ1v) is 14.0. The van der Waals surface area contributed by atoms with E-state index in [0.717, 1.165) is 4.31 Å². The summed E-state index contributed by atoms with van der Waals surface area (Å²) in [4.78, 5) is 27.9. The Hall–Kier alpha value is -3.27. The van der Waals surface area contributed by atoms with Crippen LogP contribution in [0.3, 0.4) is 0 Å². The Kier molecular flexibility index (Phi) is 10.0. The monoisotopic (exact) mass is 577 g/mol. The number of amides is 2. The molecule has 1 N–H and O–H groups in total. The summed E-state index contributed by atoms with van der Waals surface area (Å²) in [5.74, 6) is -0.399. The van der Waals surface area contributed by atoms with Gasteiger partial charge in [0.15, 0.2) is 0 Å². The van der Waals surface area contributed by atoms with Crippen molar-refractivity contribution in [2.24, 2.45) is 0 Å². The largest absolute Gasteiger partial charge is 0.497 e. The number of rotatable bonds is 11. The topological polar surface area (TPSA) is 96.0 Å². The van der Waals surface area contributed by atoms with E-state index in [9.17, 15) is 18.0 Å². The van der Waals surface area contributed by atoms with Gasteiger partial charge in [-0.3, -0.25) is 13.9 Å². The van der Waals surface area contributed by atoms with Crippen LogP contribution in [0, 0.1) is 0 Å². The summed E-state index contributed by atoms with van der Waals surface area (Å²) in [5, 5.41) is 3.06. The van der Waals surface area contributed by atoms with Crippen LogP contribution in [0.4, 0.5) is 5.69 Å². The van der Waals surface area contributed by atoms with Gasteiger partial charge < -0.3 is 15.0 Å². The Morgan fingerprint density at radius 2 is 1.71 bits per heavy atom. The van der Waals surface area contributed by atoms with Gasteiger partial charge in [0.1, 0.15) is 18.3 Å². The molecule has 3 rings (SSSR count). The minimum Gasteiger partial charge on any atom is -0.497 e. The van der Waals surface area contributed by atoms with Crippen molar-refractivity contribution in [3.8, 4) is 5.75 Å². The number of hydrogen-bond donors (Lipinski definition) is 1. The van der Waals surface area contributed by atoms with E-state index in [1.807, 2.05) is 0 Å². The fraction of sp³-hybridized carbons (Fsp3) is 0.259. The van der Waals surface area contributed by atoms with Crippen LogP contribution < -0.4 is 14.4 Å². The van der Waals surface area contributed by atoms with Crippen LogP contribution in [0.5, 0.6) is 5.75 Å². The molecule has 2 amide bonds. The molecule has 0 heterocycles. The van der Waals surface area contributed by atoms with Gasteiger partial charge in [0.25, 0.3) is 10.0 Å². The molecular formula is C27H29Cl2N3O5S. The molecule has 38 heavy (non-hydrogen) atoms. The van der Waals surface area contributed by atoms with E-state index in [2.05, 4.69) is 5.32 Å². The van der Waals surface area contributed by atoms with Gasteiger partial charge in [-0.1, -0.05) is 53.5 Å². The lowest BCUT2D eigenvalue weighted by Gasteiger charge is -2.32. The normalized spacial score (nSPS) is 11.9. The SMILES string of the molecule is CCNC(=O)C(C)N(Cc1cccc(OC)c1)C(=O)CN(c1cc(Cl)ccc1Cl)S(=O)(=O)c1ccccc1. The second-order valence-corrected chi connectivity index (χ2v) is 11.1. The van der Waals surface area contributed by atoms with E-state index in [1.165, 1.54) is 42.3 Å². The summed E-state index contributed by atoms with van der Waals surface area (Å²) in [5.41, 5.74) is 0.746. The first-order chi connectivity index (χ1) is 18.1. The number of benzene rings is 3. The van der Waals surface area contributed by atoms with Gasteiger partial charge in [-0.15, -0.1) is 0 Å². The lowest BCUT2D eigenvalue weighted by molar-refractivity contribution is -0.139. The number of likely N-dealkylation sites (N-methyl/N-ethyl adjacent to an activating group) is 1. The van der Waals surface area contributed by atoms with E-state index in [1.54, 1.807) is 56.3 Å². The molecule has 11 heteroatoms. The summed E-state index contributed by atoms with van der Waals surface area (Å²) in [7, 11) is -2.71. The predicted octanol–water partition coefficient (Wildman–Crippen LogP) is 4.75. The third-order valence-electron chi connectivity index (χ3n) is 5.79. The number of carbonyl (C=O) groups is 2. The molecule has 1 unspecified atom stereocenters. The van der Waals surface area contributed by atoms with Crippen LogP contribution in [0.2, 0.25) is 10.0 Å². The zero-order chi connectivity index (χ0) is 27.9. The number of sulfonamides is 1. The van der Waals surface area contributed by atoms with Crippen molar-refractivity contribution in [2.75, 3.05) is 24.5 Å². The van der Waals surface area contributed by atoms with Crippen molar-refractivity contribution in [3.63, 3.8) is 0 Å². The third kappa shape index (κ3) is 6.98.